The van der Waals surface area contributed by atoms with Gasteiger partial charge in [0.1, 0.15) is 0 Å². The Morgan fingerprint density at radius 1 is 1.42 bits per heavy atom. The van der Waals surface area contributed by atoms with E-state index in [0.717, 1.165) is 16.1 Å². The molecule has 0 radical (unpaired) electrons. The first-order valence-electron chi connectivity index (χ1n) is 3.99. The van der Waals surface area contributed by atoms with E-state index >= 15 is 0 Å². The lowest BCUT2D eigenvalue weighted by molar-refractivity contribution is 1.40. The molecule has 0 aliphatic rings. The standard InChI is InChI=1S/C11H13N/c1-4-12-10(3)11-8-6-5-7-9(11)2/h4-8H,2H2,1,3H3/b11-10-,12-4?. The molecule has 1 aromatic carbocycles. The van der Waals surface area contributed by atoms with Crippen LogP contribution in [0.5, 0.6) is 0 Å². The molecule has 0 aromatic heterocycles. The average Bonchev–Trinajstić information content (AvgIpc) is 2.05. The van der Waals surface area contributed by atoms with Crippen LogP contribution in [0.15, 0.2) is 29.3 Å². The summed E-state index contributed by atoms with van der Waals surface area (Å²) in [6.07, 6.45) is 1.79. The van der Waals surface area contributed by atoms with Gasteiger partial charge in [-0.1, -0.05) is 30.8 Å². The molecule has 1 nitrogen and oxygen atoms in total. The lowest BCUT2D eigenvalue weighted by atomic mass is 10.2. The van der Waals surface area contributed by atoms with Crippen LogP contribution in [-0.2, 0) is 0 Å². The Balaban J connectivity index is 3.45. The first kappa shape index (κ1) is 8.72. The van der Waals surface area contributed by atoms with Crippen molar-refractivity contribution in [3.63, 3.8) is 0 Å². The van der Waals surface area contributed by atoms with Crippen molar-refractivity contribution in [2.75, 3.05) is 0 Å². The van der Waals surface area contributed by atoms with E-state index in [1.165, 1.54) is 0 Å². The highest BCUT2D eigenvalue weighted by Gasteiger charge is 1.85. The predicted molar refractivity (Wildman–Crippen MR) is 54.5 cm³/mol. The summed E-state index contributed by atoms with van der Waals surface area (Å²) >= 11 is 0. The largest absolute Gasteiger partial charge is 0.266 e. The number of hydrogen-bond acceptors (Lipinski definition) is 1. The van der Waals surface area contributed by atoms with Crippen molar-refractivity contribution >= 4 is 18.5 Å². The van der Waals surface area contributed by atoms with Gasteiger partial charge in [-0.15, -0.1) is 0 Å². The molecule has 0 bridgehead atoms. The molecule has 0 N–H and O–H groups in total. The van der Waals surface area contributed by atoms with Gasteiger partial charge in [-0.2, -0.15) is 0 Å². The molecule has 0 fully saturated rings. The molecule has 1 heteroatoms. The summed E-state index contributed by atoms with van der Waals surface area (Å²) in [5, 5.41) is 2.15. The molecule has 0 amide bonds. The molecule has 0 saturated heterocycles. The second-order valence-electron chi connectivity index (χ2n) is 2.63. The van der Waals surface area contributed by atoms with E-state index in [1.54, 1.807) is 6.21 Å². The molecular formula is C11H13N. The molecule has 0 aliphatic heterocycles. The summed E-state index contributed by atoms with van der Waals surface area (Å²) in [5.41, 5.74) is 1.02. The number of aliphatic imine (C=N–C) groups is 1. The predicted octanol–water partition coefficient (Wildman–Crippen LogP) is 1.32. The van der Waals surface area contributed by atoms with Crippen LogP contribution in [-0.4, -0.2) is 6.21 Å². The SMILES string of the molecule is C=c1cccc/c1=C(\C)N=CC. The molecule has 0 saturated carbocycles. The lowest BCUT2D eigenvalue weighted by Crippen LogP contribution is -2.23. The molecule has 0 unspecified atom stereocenters. The molecule has 1 rings (SSSR count). The van der Waals surface area contributed by atoms with Crippen molar-refractivity contribution in [3.05, 3.63) is 34.7 Å². The monoisotopic (exact) mass is 159 g/mol. The van der Waals surface area contributed by atoms with Crippen molar-refractivity contribution < 1.29 is 0 Å². The highest BCUT2D eigenvalue weighted by Crippen LogP contribution is 1.88. The molecule has 0 heterocycles. The summed E-state index contributed by atoms with van der Waals surface area (Å²) in [6, 6.07) is 8.00. The second kappa shape index (κ2) is 3.86. The summed E-state index contributed by atoms with van der Waals surface area (Å²) < 4.78 is 0. The zero-order valence-electron chi connectivity index (χ0n) is 7.54. The summed E-state index contributed by atoms with van der Waals surface area (Å²) in [5.74, 6) is 0. The number of nitrogens with zero attached hydrogens (tertiary/aromatic N) is 1. The molecule has 12 heavy (non-hydrogen) atoms. The van der Waals surface area contributed by atoms with E-state index in [9.17, 15) is 0 Å². The number of hydrogen-bond donors (Lipinski definition) is 0. The maximum atomic E-state index is 4.21. The minimum atomic E-state index is 1.02. The van der Waals surface area contributed by atoms with Crippen LogP contribution in [0.4, 0.5) is 0 Å². The van der Waals surface area contributed by atoms with E-state index in [-0.39, 0.29) is 0 Å². The van der Waals surface area contributed by atoms with Gasteiger partial charge in [-0.3, -0.25) is 4.99 Å². The zero-order chi connectivity index (χ0) is 8.97. The van der Waals surface area contributed by atoms with Crippen LogP contribution in [0, 0.1) is 0 Å². The fraction of sp³-hybridized carbons (Fsp3) is 0.182. The van der Waals surface area contributed by atoms with Crippen LogP contribution in [0.3, 0.4) is 0 Å². The summed E-state index contributed by atoms with van der Waals surface area (Å²) in [7, 11) is 0. The van der Waals surface area contributed by atoms with Crippen LogP contribution in [0.25, 0.3) is 12.3 Å². The Morgan fingerprint density at radius 2 is 2.08 bits per heavy atom. The van der Waals surface area contributed by atoms with Gasteiger partial charge < -0.3 is 0 Å². The van der Waals surface area contributed by atoms with E-state index in [0.29, 0.717) is 0 Å². The molecule has 0 aliphatic carbocycles. The van der Waals surface area contributed by atoms with Crippen molar-refractivity contribution in [1.29, 1.82) is 0 Å². The fourth-order valence-electron chi connectivity index (χ4n) is 1.14. The van der Waals surface area contributed by atoms with Gasteiger partial charge in [0, 0.05) is 17.1 Å². The van der Waals surface area contributed by atoms with E-state index in [2.05, 4.69) is 11.6 Å². The lowest BCUT2D eigenvalue weighted by Gasteiger charge is -1.92. The second-order valence-corrected chi connectivity index (χ2v) is 2.63. The van der Waals surface area contributed by atoms with Gasteiger partial charge in [0.05, 0.1) is 0 Å². The van der Waals surface area contributed by atoms with Gasteiger partial charge in [-0.25, -0.2) is 0 Å². The smallest absolute Gasteiger partial charge is 0.0446 e. The van der Waals surface area contributed by atoms with E-state index in [1.807, 2.05) is 38.1 Å². The van der Waals surface area contributed by atoms with Gasteiger partial charge >= 0.3 is 0 Å². The molecule has 0 spiro atoms. The maximum absolute atomic E-state index is 4.21. The van der Waals surface area contributed by atoms with Gasteiger partial charge in [-0.05, 0) is 19.1 Å². The Bertz CT molecular complexity index is 388. The summed E-state index contributed by atoms with van der Waals surface area (Å²) in [6.45, 7) is 7.83. The molecule has 0 atom stereocenters. The third-order valence-electron chi connectivity index (χ3n) is 1.73. The number of rotatable bonds is 1. The highest BCUT2D eigenvalue weighted by molar-refractivity contribution is 5.62. The third kappa shape index (κ3) is 1.82. The van der Waals surface area contributed by atoms with Gasteiger partial charge in [0.15, 0.2) is 0 Å². The van der Waals surface area contributed by atoms with Crippen molar-refractivity contribution in [3.8, 4) is 0 Å². The normalized spacial score (nSPS) is 13.5. The minimum Gasteiger partial charge on any atom is -0.266 e. The molecule has 62 valence electrons. The fourth-order valence-corrected chi connectivity index (χ4v) is 1.14. The van der Waals surface area contributed by atoms with Crippen LogP contribution < -0.4 is 10.4 Å². The molecular weight excluding hydrogens is 146 g/mol. The average molecular weight is 159 g/mol. The zero-order valence-corrected chi connectivity index (χ0v) is 7.54. The van der Waals surface area contributed by atoms with Crippen LogP contribution in [0.2, 0.25) is 0 Å². The van der Waals surface area contributed by atoms with Crippen LogP contribution >= 0.6 is 0 Å². The van der Waals surface area contributed by atoms with E-state index < -0.39 is 0 Å². The highest BCUT2D eigenvalue weighted by atomic mass is 14.7. The van der Waals surface area contributed by atoms with Gasteiger partial charge in [0.25, 0.3) is 0 Å². The third-order valence-corrected chi connectivity index (χ3v) is 1.73. The Labute approximate surface area is 72.8 Å². The maximum Gasteiger partial charge on any atom is 0.0446 e. The first-order valence-corrected chi connectivity index (χ1v) is 3.99. The Kier molecular flexibility index (Phi) is 2.81. The van der Waals surface area contributed by atoms with Crippen LogP contribution in [0.1, 0.15) is 13.8 Å². The topological polar surface area (TPSA) is 12.4 Å². The van der Waals surface area contributed by atoms with Crippen molar-refractivity contribution in [1.82, 2.24) is 0 Å². The minimum absolute atomic E-state index is 1.02. The van der Waals surface area contributed by atoms with Crippen molar-refractivity contribution in [2.24, 2.45) is 4.99 Å². The van der Waals surface area contributed by atoms with Gasteiger partial charge in [0.2, 0.25) is 0 Å². The number of benzene rings is 1. The summed E-state index contributed by atoms with van der Waals surface area (Å²) in [4.78, 5) is 4.21. The Hall–Kier alpha value is -1.37. The van der Waals surface area contributed by atoms with E-state index in [4.69, 9.17) is 0 Å². The molecule has 1 aromatic rings. The Morgan fingerprint density at radius 3 is 2.67 bits per heavy atom. The first-order chi connectivity index (χ1) is 5.75. The quantitative estimate of drug-likeness (QED) is 0.548. The van der Waals surface area contributed by atoms with Crippen molar-refractivity contribution in [2.45, 2.75) is 13.8 Å².